The highest BCUT2D eigenvalue weighted by Gasteiger charge is 1.92. The van der Waals surface area contributed by atoms with E-state index in [1.807, 2.05) is 12.4 Å². The van der Waals surface area contributed by atoms with Gasteiger partial charge in [0.05, 0.1) is 0 Å². The largest absolute Gasteiger partial charge is 0.367 e. The minimum atomic E-state index is 1.18. The second-order valence-corrected chi connectivity index (χ2v) is 2.78. The van der Waals surface area contributed by atoms with Crippen LogP contribution in [0, 0.1) is 0 Å². The molecule has 1 aromatic rings. The van der Waals surface area contributed by atoms with E-state index in [2.05, 4.69) is 31.0 Å². The van der Waals surface area contributed by atoms with Gasteiger partial charge in [-0.3, -0.25) is 0 Å². The summed E-state index contributed by atoms with van der Waals surface area (Å²) in [5, 5.41) is 0. The topological polar surface area (TPSA) is 15.8 Å². The van der Waals surface area contributed by atoms with Crippen LogP contribution < -0.4 is 0 Å². The summed E-state index contributed by atoms with van der Waals surface area (Å²) in [4.78, 5) is 3.05. The molecule has 1 nitrogen and oxygen atoms in total. The highest BCUT2D eigenvalue weighted by Crippen LogP contribution is 2.12. The van der Waals surface area contributed by atoms with Gasteiger partial charge in [-0.15, -0.1) is 0 Å². The average Bonchev–Trinajstić information content (AvgIpc) is 2.52. The van der Waals surface area contributed by atoms with Crippen LogP contribution in [-0.4, -0.2) is 4.98 Å². The summed E-state index contributed by atoms with van der Waals surface area (Å²) < 4.78 is 0. The smallest absolute Gasteiger partial charge is 0.00806 e. The van der Waals surface area contributed by atoms with Crippen LogP contribution in [0.1, 0.15) is 32.3 Å². The Balaban J connectivity index is 2.62. The minimum Gasteiger partial charge on any atom is -0.367 e. The van der Waals surface area contributed by atoms with Crippen molar-refractivity contribution in [3.05, 3.63) is 30.1 Å². The molecule has 0 amide bonds. The molecular weight excluding hydrogens is 134 g/mol. The molecule has 11 heavy (non-hydrogen) atoms. The number of allylic oxidation sites excluding steroid dienone is 2. The van der Waals surface area contributed by atoms with Crippen LogP contribution >= 0.6 is 0 Å². The van der Waals surface area contributed by atoms with E-state index in [0.717, 1.165) is 0 Å². The first-order valence-corrected chi connectivity index (χ1v) is 4.14. The predicted molar refractivity (Wildman–Crippen MR) is 49.4 cm³/mol. The molecule has 0 saturated carbocycles. The first-order chi connectivity index (χ1) is 5.34. The van der Waals surface area contributed by atoms with Crippen LogP contribution in [0.5, 0.6) is 0 Å². The molecule has 0 fully saturated rings. The second kappa shape index (κ2) is 4.02. The number of hydrogen-bond acceptors (Lipinski definition) is 0. The van der Waals surface area contributed by atoms with Gasteiger partial charge >= 0.3 is 0 Å². The van der Waals surface area contributed by atoms with Crippen LogP contribution in [0.4, 0.5) is 0 Å². The maximum atomic E-state index is 3.05. The Bertz CT molecular complexity index is 219. The zero-order chi connectivity index (χ0) is 8.10. The van der Waals surface area contributed by atoms with Crippen molar-refractivity contribution in [3.8, 4) is 0 Å². The van der Waals surface area contributed by atoms with Crippen LogP contribution in [0.2, 0.25) is 0 Å². The Morgan fingerprint density at radius 3 is 3.00 bits per heavy atom. The molecule has 0 aliphatic rings. The van der Waals surface area contributed by atoms with Crippen molar-refractivity contribution in [1.29, 1.82) is 0 Å². The molecule has 0 saturated heterocycles. The van der Waals surface area contributed by atoms with Gasteiger partial charge in [-0.2, -0.15) is 0 Å². The molecule has 0 atom stereocenters. The molecule has 0 radical (unpaired) electrons. The van der Waals surface area contributed by atoms with E-state index in [9.17, 15) is 0 Å². The lowest BCUT2D eigenvalue weighted by Gasteiger charge is -1.94. The molecular formula is C10H15N. The first-order valence-electron chi connectivity index (χ1n) is 4.14. The minimum absolute atomic E-state index is 1.18. The molecule has 1 heteroatoms. The number of nitrogens with one attached hydrogen (secondary N) is 1. The zero-order valence-electron chi connectivity index (χ0n) is 7.22. The van der Waals surface area contributed by atoms with E-state index >= 15 is 0 Å². The predicted octanol–water partition coefficient (Wildman–Crippen LogP) is 3.22. The highest BCUT2D eigenvalue weighted by molar-refractivity contribution is 5.62. The van der Waals surface area contributed by atoms with Gasteiger partial charge in [0.25, 0.3) is 0 Å². The number of hydrogen-bond donors (Lipinski definition) is 1. The van der Waals surface area contributed by atoms with Crippen molar-refractivity contribution in [2.24, 2.45) is 0 Å². The standard InChI is InChI=1S/C10H15N/c1-3-4-5-9(2)10-6-7-11-8-10/h5-8,11H,3-4H2,1-2H3/b9-5+. The Morgan fingerprint density at radius 1 is 1.64 bits per heavy atom. The van der Waals surface area contributed by atoms with E-state index < -0.39 is 0 Å². The number of aromatic amines is 1. The number of aromatic nitrogens is 1. The quantitative estimate of drug-likeness (QED) is 0.679. The molecule has 1 aromatic heterocycles. The Labute approximate surface area is 68.1 Å². The van der Waals surface area contributed by atoms with E-state index in [1.165, 1.54) is 24.0 Å². The molecule has 0 aromatic carbocycles. The third kappa shape index (κ3) is 2.26. The Hall–Kier alpha value is -0.980. The summed E-state index contributed by atoms with van der Waals surface area (Å²) >= 11 is 0. The number of unbranched alkanes of at least 4 members (excludes halogenated alkanes) is 1. The van der Waals surface area contributed by atoms with Gasteiger partial charge in [0.2, 0.25) is 0 Å². The second-order valence-electron chi connectivity index (χ2n) is 2.78. The van der Waals surface area contributed by atoms with Gasteiger partial charge in [-0.05, 0) is 30.5 Å². The molecule has 1 N–H and O–H groups in total. The molecule has 1 heterocycles. The third-order valence-corrected chi connectivity index (χ3v) is 1.79. The number of rotatable bonds is 3. The molecule has 0 bridgehead atoms. The SMILES string of the molecule is CCC/C=C(\C)c1cc[nH]c1. The van der Waals surface area contributed by atoms with Crippen molar-refractivity contribution in [2.45, 2.75) is 26.7 Å². The monoisotopic (exact) mass is 149 g/mol. The van der Waals surface area contributed by atoms with Gasteiger partial charge in [-0.25, -0.2) is 0 Å². The van der Waals surface area contributed by atoms with Gasteiger partial charge in [0, 0.05) is 12.4 Å². The normalized spacial score (nSPS) is 12.0. The van der Waals surface area contributed by atoms with Crippen LogP contribution in [-0.2, 0) is 0 Å². The van der Waals surface area contributed by atoms with Crippen molar-refractivity contribution < 1.29 is 0 Å². The van der Waals surface area contributed by atoms with Crippen molar-refractivity contribution in [1.82, 2.24) is 4.98 Å². The van der Waals surface area contributed by atoms with Crippen molar-refractivity contribution in [3.63, 3.8) is 0 Å². The lowest BCUT2D eigenvalue weighted by Crippen LogP contribution is -1.73. The van der Waals surface area contributed by atoms with Crippen molar-refractivity contribution >= 4 is 5.57 Å². The summed E-state index contributed by atoms with van der Waals surface area (Å²) in [7, 11) is 0. The average molecular weight is 149 g/mol. The summed E-state index contributed by atoms with van der Waals surface area (Å²) in [6.45, 7) is 4.35. The summed E-state index contributed by atoms with van der Waals surface area (Å²) in [5.74, 6) is 0. The molecule has 1 rings (SSSR count). The summed E-state index contributed by atoms with van der Waals surface area (Å²) in [6, 6.07) is 2.10. The highest BCUT2D eigenvalue weighted by atomic mass is 14.6. The Morgan fingerprint density at radius 2 is 2.45 bits per heavy atom. The molecule has 0 unspecified atom stereocenters. The van der Waals surface area contributed by atoms with Crippen molar-refractivity contribution in [2.75, 3.05) is 0 Å². The Kier molecular flexibility index (Phi) is 2.96. The molecule has 60 valence electrons. The molecule has 0 aliphatic heterocycles. The molecule has 0 aliphatic carbocycles. The van der Waals surface area contributed by atoms with Crippen LogP contribution in [0.3, 0.4) is 0 Å². The van der Waals surface area contributed by atoms with Crippen LogP contribution in [0.25, 0.3) is 5.57 Å². The fourth-order valence-corrected chi connectivity index (χ4v) is 1.05. The van der Waals surface area contributed by atoms with Crippen LogP contribution in [0.15, 0.2) is 24.5 Å². The van der Waals surface area contributed by atoms with E-state index in [0.29, 0.717) is 0 Å². The fourth-order valence-electron chi connectivity index (χ4n) is 1.05. The maximum absolute atomic E-state index is 3.05. The summed E-state index contributed by atoms with van der Waals surface area (Å²) in [5.41, 5.74) is 2.67. The zero-order valence-corrected chi connectivity index (χ0v) is 7.22. The van der Waals surface area contributed by atoms with Gasteiger partial charge < -0.3 is 4.98 Å². The molecule has 0 spiro atoms. The van der Waals surface area contributed by atoms with E-state index in [-0.39, 0.29) is 0 Å². The summed E-state index contributed by atoms with van der Waals surface area (Å²) in [6.07, 6.45) is 8.67. The van der Waals surface area contributed by atoms with Gasteiger partial charge in [-0.1, -0.05) is 19.4 Å². The first kappa shape index (κ1) is 8.12. The van der Waals surface area contributed by atoms with Gasteiger partial charge in [0.1, 0.15) is 0 Å². The number of H-pyrrole nitrogens is 1. The van der Waals surface area contributed by atoms with E-state index in [4.69, 9.17) is 0 Å². The fraction of sp³-hybridized carbons (Fsp3) is 0.400. The maximum Gasteiger partial charge on any atom is 0.00806 e. The van der Waals surface area contributed by atoms with E-state index in [1.54, 1.807) is 0 Å². The van der Waals surface area contributed by atoms with Gasteiger partial charge in [0.15, 0.2) is 0 Å². The third-order valence-electron chi connectivity index (χ3n) is 1.79. The lowest BCUT2D eigenvalue weighted by molar-refractivity contribution is 0.959. The lowest BCUT2D eigenvalue weighted by atomic mass is 10.1.